The molecule has 0 spiro atoms. The van der Waals surface area contributed by atoms with Gasteiger partial charge in [0.1, 0.15) is 0 Å². The van der Waals surface area contributed by atoms with Crippen LogP contribution in [0.2, 0.25) is 0 Å². The third kappa shape index (κ3) is 3.94. The van der Waals surface area contributed by atoms with Crippen LogP contribution in [0.1, 0.15) is 49.9 Å². The Morgan fingerprint density at radius 2 is 1.52 bits per heavy atom. The van der Waals surface area contributed by atoms with Crippen molar-refractivity contribution in [2.24, 2.45) is 0 Å². The lowest BCUT2D eigenvalue weighted by atomic mass is 9.98. The summed E-state index contributed by atoms with van der Waals surface area (Å²) in [5.74, 6) is 0.0245. The number of likely N-dealkylation sites (tertiary alicyclic amines) is 1. The third-order valence-electron chi connectivity index (χ3n) is 5.40. The average molecular weight is 344 g/mol. The SMILES string of the molecule is C[C@H]1CCC[C@H](C)N1C(=O)N1CCCN(C(=O)c2ccncc2)CC1. The number of urea groups is 1. The monoisotopic (exact) mass is 344 g/mol. The fraction of sp³-hybridized carbons (Fsp3) is 0.632. The molecule has 1 aromatic rings. The third-order valence-corrected chi connectivity index (χ3v) is 5.40. The molecule has 0 aromatic carbocycles. The van der Waals surface area contributed by atoms with E-state index in [1.165, 1.54) is 6.42 Å². The van der Waals surface area contributed by atoms with Gasteiger partial charge in [-0.05, 0) is 51.7 Å². The molecule has 2 aliphatic heterocycles. The second-order valence-corrected chi connectivity index (χ2v) is 7.19. The molecule has 0 N–H and O–H groups in total. The van der Waals surface area contributed by atoms with Crippen LogP contribution in [0.4, 0.5) is 4.79 Å². The molecule has 0 aliphatic carbocycles. The lowest BCUT2D eigenvalue weighted by Crippen LogP contribution is -2.53. The maximum Gasteiger partial charge on any atom is 0.320 e. The fourth-order valence-corrected chi connectivity index (χ4v) is 3.95. The number of hydrogen-bond acceptors (Lipinski definition) is 3. The summed E-state index contributed by atoms with van der Waals surface area (Å²) in [6.07, 6.45) is 7.45. The average Bonchev–Trinajstić information content (AvgIpc) is 2.88. The number of hydrogen-bond donors (Lipinski definition) is 0. The Bertz CT molecular complexity index is 597. The van der Waals surface area contributed by atoms with Crippen LogP contribution in [0.25, 0.3) is 0 Å². The molecule has 25 heavy (non-hydrogen) atoms. The predicted octanol–water partition coefficient (Wildman–Crippen LogP) is 2.61. The van der Waals surface area contributed by atoms with E-state index in [4.69, 9.17) is 0 Å². The highest BCUT2D eigenvalue weighted by Gasteiger charge is 2.33. The van der Waals surface area contributed by atoms with Crippen LogP contribution in [0.3, 0.4) is 0 Å². The Labute approximate surface area is 149 Å². The van der Waals surface area contributed by atoms with E-state index in [0.717, 1.165) is 25.8 Å². The van der Waals surface area contributed by atoms with Crippen molar-refractivity contribution in [1.82, 2.24) is 19.7 Å². The van der Waals surface area contributed by atoms with Crippen molar-refractivity contribution in [3.05, 3.63) is 30.1 Å². The smallest absolute Gasteiger partial charge is 0.320 e. The number of amides is 3. The molecule has 0 unspecified atom stereocenters. The van der Waals surface area contributed by atoms with Gasteiger partial charge in [-0.15, -0.1) is 0 Å². The van der Waals surface area contributed by atoms with Gasteiger partial charge < -0.3 is 14.7 Å². The number of nitrogens with zero attached hydrogens (tertiary/aromatic N) is 4. The largest absolute Gasteiger partial charge is 0.337 e. The number of pyridine rings is 1. The molecular weight excluding hydrogens is 316 g/mol. The molecule has 0 radical (unpaired) electrons. The molecule has 6 nitrogen and oxygen atoms in total. The van der Waals surface area contributed by atoms with Gasteiger partial charge in [0, 0.05) is 56.2 Å². The molecule has 136 valence electrons. The minimum absolute atomic E-state index is 0.0245. The summed E-state index contributed by atoms with van der Waals surface area (Å²) in [5, 5.41) is 0. The van der Waals surface area contributed by atoms with E-state index in [1.54, 1.807) is 24.5 Å². The summed E-state index contributed by atoms with van der Waals surface area (Å²) in [4.78, 5) is 35.4. The Hall–Kier alpha value is -2.11. The van der Waals surface area contributed by atoms with E-state index in [9.17, 15) is 9.59 Å². The van der Waals surface area contributed by atoms with Crippen molar-refractivity contribution >= 4 is 11.9 Å². The zero-order valence-electron chi connectivity index (χ0n) is 15.2. The van der Waals surface area contributed by atoms with E-state index < -0.39 is 0 Å². The number of piperidine rings is 1. The zero-order valence-corrected chi connectivity index (χ0v) is 15.2. The Kier molecular flexibility index (Phi) is 5.56. The molecule has 2 aliphatic rings. The van der Waals surface area contributed by atoms with Crippen molar-refractivity contribution in [2.45, 2.75) is 51.6 Å². The van der Waals surface area contributed by atoms with Crippen LogP contribution in [0.5, 0.6) is 0 Å². The van der Waals surface area contributed by atoms with Crippen molar-refractivity contribution < 1.29 is 9.59 Å². The molecule has 0 bridgehead atoms. The molecule has 3 amide bonds. The molecule has 2 fully saturated rings. The molecular formula is C19H28N4O2. The lowest BCUT2D eigenvalue weighted by Gasteiger charge is -2.41. The maximum absolute atomic E-state index is 13.0. The van der Waals surface area contributed by atoms with Crippen LogP contribution < -0.4 is 0 Å². The summed E-state index contributed by atoms with van der Waals surface area (Å²) in [7, 11) is 0. The van der Waals surface area contributed by atoms with Gasteiger partial charge in [-0.25, -0.2) is 4.79 Å². The van der Waals surface area contributed by atoms with Crippen molar-refractivity contribution in [1.29, 1.82) is 0 Å². The van der Waals surface area contributed by atoms with Gasteiger partial charge in [0.25, 0.3) is 5.91 Å². The van der Waals surface area contributed by atoms with Crippen LogP contribution in [0, 0.1) is 0 Å². The van der Waals surface area contributed by atoms with Crippen LogP contribution in [-0.4, -0.2) is 69.9 Å². The van der Waals surface area contributed by atoms with Crippen molar-refractivity contribution in [3.63, 3.8) is 0 Å². The molecule has 3 rings (SSSR count). The minimum Gasteiger partial charge on any atom is -0.337 e. The number of aromatic nitrogens is 1. The van der Waals surface area contributed by atoms with Crippen LogP contribution >= 0.6 is 0 Å². The van der Waals surface area contributed by atoms with E-state index >= 15 is 0 Å². The van der Waals surface area contributed by atoms with Crippen LogP contribution in [-0.2, 0) is 0 Å². The highest BCUT2D eigenvalue weighted by molar-refractivity contribution is 5.94. The van der Waals surface area contributed by atoms with Crippen LogP contribution in [0.15, 0.2) is 24.5 Å². The summed E-state index contributed by atoms with van der Waals surface area (Å²) < 4.78 is 0. The number of rotatable bonds is 1. The molecule has 2 atom stereocenters. The lowest BCUT2D eigenvalue weighted by molar-refractivity contribution is 0.0749. The van der Waals surface area contributed by atoms with Crippen molar-refractivity contribution in [3.8, 4) is 0 Å². The van der Waals surface area contributed by atoms with E-state index in [0.29, 0.717) is 37.3 Å². The molecule has 0 saturated carbocycles. The Morgan fingerprint density at radius 3 is 2.20 bits per heavy atom. The van der Waals surface area contributed by atoms with E-state index in [1.807, 2.05) is 14.7 Å². The molecule has 6 heteroatoms. The van der Waals surface area contributed by atoms with E-state index in [-0.39, 0.29) is 11.9 Å². The van der Waals surface area contributed by atoms with Crippen molar-refractivity contribution in [2.75, 3.05) is 26.2 Å². The predicted molar refractivity (Wildman–Crippen MR) is 96.3 cm³/mol. The van der Waals surface area contributed by atoms with Gasteiger partial charge in [0.05, 0.1) is 0 Å². The Morgan fingerprint density at radius 1 is 0.920 bits per heavy atom. The minimum atomic E-state index is 0.0245. The molecule has 3 heterocycles. The van der Waals surface area contributed by atoms with Gasteiger partial charge in [-0.3, -0.25) is 9.78 Å². The van der Waals surface area contributed by atoms with Gasteiger partial charge in [-0.1, -0.05) is 0 Å². The molecule has 2 saturated heterocycles. The van der Waals surface area contributed by atoms with Gasteiger partial charge in [-0.2, -0.15) is 0 Å². The summed E-state index contributed by atoms with van der Waals surface area (Å²) in [6, 6.07) is 4.22. The molecule has 1 aromatic heterocycles. The quantitative estimate of drug-likeness (QED) is 0.787. The maximum atomic E-state index is 13.0. The second-order valence-electron chi connectivity index (χ2n) is 7.19. The first kappa shape index (κ1) is 17.7. The van der Waals surface area contributed by atoms with E-state index in [2.05, 4.69) is 18.8 Å². The number of carbonyl (C=O) groups excluding carboxylic acids is 2. The van der Waals surface area contributed by atoms with Gasteiger partial charge in [0.2, 0.25) is 0 Å². The Balaban J connectivity index is 1.63. The summed E-state index contributed by atoms with van der Waals surface area (Å²) >= 11 is 0. The first-order chi connectivity index (χ1) is 12.1. The van der Waals surface area contributed by atoms with Gasteiger partial charge in [0.15, 0.2) is 0 Å². The number of carbonyl (C=O) groups is 2. The van der Waals surface area contributed by atoms with Gasteiger partial charge >= 0.3 is 6.03 Å². The normalized spacial score (nSPS) is 24.8. The highest BCUT2D eigenvalue weighted by atomic mass is 16.2. The second kappa shape index (κ2) is 7.85. The first-order valence-electron chi connectivity index (χ1n) is 9.34. The fourth-order valence-electron chi connectivity index (χ4n) is 3.95. The zero-order chi connectivity index (χ0) is 17.8. The first-order valence-corrected chi connectivity index (χ1v) is 9.34. The topological polar surface area (TPSA) is 56.8 Å². The standard InChI is InChI=1S/C19H28N4O2/c1-15-5-3-6-16(2)23(15)19(25)22-12-4-11-21(13-14-22)18(24)17-7-9-20-10-8-17/h7-10,15-16H,3-6,11-14H2,1-2H3/t15-,16-/m0/s1. The summed E-state index contributed by atoms with van der Waals surface area (Å²) in [6.45, 7) is 6.88. The highest BCUT2D eigenvalue weighted by Crippen LogP contribution is 2.24. The summed E-state index contributed by atoms with van der Waals surface area (Å²) in [5.41, 5.74) is 0.660.